The number of benzene rings is 1. The zero-order valence-electron chi connectivity index (χ0n) is 18.8. The summed E-state index contributed by atoms with van der Waals surface area (Å²) < 4.78 is 5.26. The number of hydrogen-bond donors (Lipinski definition) is 2. The lowest BCUT2D eigenvalue weighted by Crippen LogP contribution is -2.46. The maximum absolute atomic E-state index is 5.26. The third-order valence-corrected chi connectivity index (χ3v) is 4.80. The topological polar surface area (TPSA) is 52.1 Å². The molecule has 0 saturated carbocycles. The molecule has 2 N–H and O–H groups in total. The van der Waals surface area contributed by atoms with Crippen molar-refractivity contribution < 1.29 is 4.74 Å². The van der Waals surface area contributed by atoms with Crippen LogP contribution in [0.1, 0.15) is 39.3 Å². The molecule has 1 atom stereocenters. The summed E-state index contributed by atoms with van der Waals surface area (Å²) in [5.41, 5.74) is 1.24. The highest BCUT2D eigenvalue weighted by molar-refractivity contribution is 14.0. The van der Waals surface area contributed by atoms with E-state index in [2.05, 4.69) is 79.3 Å². The molecule has 162 valence electrons. The number of likely N-dealkylation sites (N-methyl/N-ethyl adjacent to an activating group) is 1. The van der Waals surface area contributed by atoms with Crippen LogP contribution in [0.25, 0.3) is 0 Å². The second-order valence-corrected chi connectivity index (χ2v) is 7.56. The molecule has 1 aromatic rings. The number of nitrogens with zero attached hydrogens (tertiary/aromatic N) is 3. The largest absolute Gasteiger partial charge is 0.497 e. The van der Waals surface area contributed by atoms with Crippen LogP contribution in [0.3, 0.4) is 0 Å². The van der Waals surface area contributed by atoms with E-state index >= 15 is 0 Å². The quantitative estimate of drug-likeness (QED) is 0.291. The summed E-state index contributed by atoms with van der Waals surface area (Å²) in [5, 5.41) is 6.89. The molecule has 28 heavy (non-hydrogen) atoms. The van der Waals surface area contributed by atoms with Gasteiger partial charge in [-0.1, -0.05) is 12.1 Å². The van der Waals surface area contributed by atoms with Gasteiger partial charge < -0.3 is 20.3 Å². The average Bonchev–Trinajstić information content (AvgIpc) is 2.63. The molecule has 0 aliphatic rings. The maximum atomic E-state index is 5.26. The van der Waals surface area contributed by atoms with Crippen molar-refractivity contribution in [2.45, 2.75) is 45.8 Å². The van der Waals surface area contributed by atoms with Crippen molar-refractivity contribution in [3.8, 4) is 5.75 Å². The van der Waals surface area contributed by atoms with Gasteiger partial charge in [-0.3, -0.25) is 9.89 Å². The molecule has 0 radical (unpaired) electrons. The third kappa shape index (κ3) is 8.96. The SMILES string of the molecule is CN=C(NCCN(C(C)C)C(C)C)NCC(c1ccc(OC)cc1)N(C)C.I. The number of methoxy groups -OCH3 is 1. The Balaban J connectivity index is 0.00000729. The molecule has 7 heteroatoms. The normalized spacial score (nSPS) is 13.1. The summed E-state index contributed by atoms with van der Waals surface area (Å²) >= 11 is 0. The fourth-order valence-corrected chi connectivity index (χ4v) is 3.25. The van der Waals surface area contributed by atoms with Gasteiger partial charge in [0.25, 0.3) is 0 Å². The van der Waals surface area contributed by atoms with E-state index < -0.39 is 0 Å². The predicted octanol–water partition coefficient (Wildman–Crippen LogP) is 3.20. The molecule has 1 unspecified atom stereocenters. The molecule has 0 fully saturated rings. The smallest absolute Gasteiger partial charge is 0.191 e. The lowest BCUT2D eigenvalue weighted by atomic mass is 10.1. The Morgan fingerprint density at radius 3 is 2.04 bits per heavy atom. The van der Waals surface area contributed by atoms with Gasteiger partial charge in [0.05, 0.1) is 13.2 Å². The van der Waals surface area contributed by atoms with Crippen LogP contribution in [-0.2, 0) is 0 Å². The molecule has 0 saturated heterocycles. The van der Waals surface area contributed by atoms with E-state index in [4.69, 9.17) is 4.74 Å². The molecule has 1 rings (SSSR count). The van der Waals surface area contributed by atoms with Crippen LogP contribution in [0, 0.1) is 0 Å². The first-order chi connectivity index (χ1) is 12.8. The van der Waals surface area contributed by atoms with Gasteiger partial charge in [-0.15, -0.1) is 24.0 Å². The summed E-state index contributed by atoms with van der Waals surface area (Å²) in [5.74, 6) is 1.71. The molecule has 0 aliphatic carbocycles. The van der Waals surface area contributed by atoms with Gasteiger partial charge >= 0.3 is 0 Å². The Kier molecular flexibility index (Phi) is 13.5. The van der Waals surface area contributed by atoms with Crippen molar-refractivity contribution >= 4 is 29.9 Å². The average molecular weight is 505 g/mol. The lowest BCUT2D eigenvalue weighted by molar-refractivity contribution is 0.178. The number of guanidine groups is 1. The van der Waals surface area contributed by atoms with Gasteiger partial charge in [0.1, 0.15) is 5.75 Å². The van der Waals surface area contributed by atoms with E-state index in [-0.39, 0.29) is 30.0 Å². The fraction of sp³-hybridized carbons (Fsp3) is 0.667. The molecular formula is C21H40IN5O. The molecular weight excluding hydrogens is 465 g/mol. The van der Waals surface area contributed by atoms with E-state index in [0.717, 1.165) is 31.3 Å². The third-order valence-electron chi connectivity index (χ3n) is 4.80. The number of rotatable bonds is 10. The number of hydrogen-bond acceptors (Lipinski definition) is 4. The molecule has 1 aromatic carbocycles. The molecule has 0 spiro atoms. The zero-order chi connectivity index (χ0) is 20.4. The predicted molar refractivity (Wildman–Crippen MR) is 131 cm³/mol. The minimum absolute atomic E-state index is 0. The first-order valence-electron chi connectivity index (χ1n) is 9.80. The summed E-state index contributed by atoms with van der Waals surface area (Å²) in [4.78, 5) is 9.05. The highest BCUT2D eigenvalue weighted by atomic mass is 127. The van der Waals surface area contributed by atoms with E-state index in [9.17, 15) is 0 Å². The van der Waals surface area contributed by atoms with E-state index in [1.165, 1.54) is 5.56 Å². The number of aliphatic imine (C=N–C) groups is 1. The summed E-state index contributed by atoms with van der Waals surface area (Å²) in [6, 6.07) is 9.56. The maximum Gasteiger partial charge on any atom is 0.191 e. The molecule has 0 bridgehead atoms. The second kappa shape index (κ2) is 14.0. The fourth-order valence-electron chi connectivity index (χ4n) is 3.25. The van der Waals surface area contributed by atoms with Gasteiger partial charge in [0.2, 0.25) is 0 Å². The minimum atomic E-state index is 0. The zero-order valence-corrected chi connectivity index (χ0v) is 21.2. The molecule has 0 amide bonds. The summed E-state index contributed by atoms with van der Waals surface area (Å²) in [7, 11) is 7.69. The first-order valence-corrected chi connectivity index (χ1v) is 9.80. The molecule has 0 aromatic heterocycles. The van der Waals surface area contributed by atoms with Crippen molar-refractivity contribution in [1.29, 1.82) is 0 Å². The Labute approximate surface area is 189 Å². The Bertz CT molecular complexity index is 552. The highest BCUT2D eigenvalue weighted by Crippen LogP contribution is 2.20. The van der Waals surface area contributed by atoms with Gasteiger partial charge in [0, 0.05) is 38.8 Å². The van der Waals surface area contributed by atoms with Gasteiger partial charge in [-0.25, -0.2) is 0 Å². The second-order valence-electron chi connectivity index (χ2n) is 7.56. The molecule has 0 heterocycles. The molecule has 0 aliphatic heterocycles. The van der Waals surface area contributed by atoms with Crippen molar-refractivity contribution in [2.24, 2.45) is 4.99 Å². The Morgan fingerprint density at radius 2 is 1.61 bits per heavy atom. The van der Waals surface area contributed by atoms with Crippen LogP contribution < -0.4 is 15.4 Å². The van der Waals surface area contributed by atoms with Crippen molar-refractivity contribution in [1.82, 2.24) is 20.4 Å². The van der Waals surface area contributed by atoms with Crippen molar-refractivity contribution in [3.05, 3.63) is 29.8 Å². The van der Waals surface area contributed by atoms with Crippen LogP contribution in [0.15, 0.2) is 29.3 Å². The van der Waals surface area contributed by atoms with Crippen LogP contribution in [0.4, 0.5) is 0 Å². The van der Waals surface area contributed by atoms with Crippen LogP contribution in [0.5, 0.6) is 5.75 Å². The summed E-state index contributed by atoms with van der Waals surface area (Å²) in [6.07, 6.45) is 0. The summed E-state index contributed by atoms with van der Waals surface area (Å²) in [6.45, 7) is 11.6. The van der Waals surface area contributed by atoms with Crippen molar-refractivity contribution in [3.63, 3.8) is 0 Å². The van der Waals surface area contributed by atoms with Gasteiger partial charge in [-0.05, 0) is 59.5 Å². The first kappa shape index (κ1) is 26.9. The monoisotopic (exact) mass is 505 g/mol. The van der Waals surface area contributed by atoms with E-state index in [1.54, 1.807) is 7.11 Å². The van der Waals surface area contributed by atoms with Crippen LogP contribution in [0.2, 0.25) is 0 Å². The van der Waals surface area contributed by atoms with Crippen molar-refractivity contribution in [2.75, 3.05) is 47.9 Å². The van der Waals surface area contributed by atoms with Crippen LogP contribution >= 0.6 is 24.0 Å². The number of ether oxygens (including phenoxy) is 1. The standard InChI is InChI=1S/C21H39N5O.HI/c1-16(2)26(17(3)4)14-13-23-21(22-5)24-15-20(25(6)7)18-9-11-19(27-8)12-10-18;/h9-12,16-17,20H,13-15H2,1-8H3,(H2,22,23,24);1H. The lowest BCUT2D eigenvalue weighted by Gasteiger charge is -2.31. The minimum Gasteiger partial charge on any atom is -0.497 e. The van der Waals surface area contributed by atoms with Gasteiger partial charge in [0.15, 0.2) is 5.96 Å². The molecule has 6 nitrogen and oxygen atoms in total. The number of halogens is 1. The van der Waals surface area contributed by atoms with E-state index in [1.807, 2.05) is 19.2 Å². The van der Waals surface area contributed by atoms with E-state index in [0.29, 0.717) is 12.1 Å². The van der Waals surface area contributed by atoms with Crippen LogP contribution in [-0.4, -0.2) is 75.7 Å². The Morgan fingerprint density at radius 1 is 1.04 bits per heavy atom. The van der Waals surface area contributed by atoms with Gasteiger partial charge in [-0.2, -0.15) is 0 Å². The Hall–Kier alpha value is -1.06. The number of nitrogens with one attached hydrogen (secondary N) is 2. The highest BCUT2D eigenvalue weighted by Gasteiger charge is 2.16.